The minimum absolute atomic E-state index is 0.0174. The Morgan fingerprint density at radius 2 is 1.76 bits per heavy atom. The van der Waals surface area contributed by atoms with Crippen LogP contribution in [0.25, 0.3) is 10.9 Å². The molecular weight excluding hydrogens is 485 g/mol. The molecule has 196 valence electrons. The number of hydrogen-bond acceptors (Lipinski definition) is 5. The van der Waals surface area contributed by atoms with Gasteiger partial charge >= 0.3 is 6.18 Å². The summed E-state index contributed by atoms with van der Waals surface area (Å²) in [6.45, 7) is 5.97. The van der Waals surface area contributed by atoms with E-state index in [2.05, 4.69) is 4.98 Å². The Hall–Kier alpha value is -3.40. The first kappa shape index (κ1) is 25.3. The zero-order valence-corrected chi connectivity index (χ0v) is 21.2. The molecule has 2 aliphatic rings. The number of amides is 1. The van der Waals surface area contributed by atoms with Crippen molar-refractivity contribution in [3.63, 3.8) is 0 Å². The number of rotatable bonds is 4. The third-order valence-corrected chi connectivity index (χ3v) is 7.86. The van der Waals surface area contributed by atoms with Gasteiger partial charge in [0, 0.05) is 50.3 Å². The Morgan fingerprint density at radius 1 is 1.14 bits per heavy atom. The Bertz CT molecular complexity index is 1410. The Labute approximate surface area is 212 Å². The number of ether oxygens (including phenoxy) is 1. The fourth-order valence-corrected chi connectivity index (χ4v) is 5.34. The molecule has 0 saturated carbocycles. The number of carbonyl (C=O) groups is 1. The van der Waals surface area contributed by atoms with E-state index in [4.69, 9.17) is 4.74 Å². The molecule has 0 aliphatic carbocycles. The topological polar surface area (TPSA) is 67.7 Å². The highest BCUT2D eigenvalue weighted by Gasteiger charge is 2.39. The number of anilines is 1. The molecule has 1 aromatic heterocycles. The average Bonchev–Trinajstić information content (AvgIpc) is 3.48. The van der Waals surface area contributed by atoms with Crippen LogP contribution in [0.15, 0.2) is 41.2 Å². The van der Waals surface area contributed by atoms with Crippen LogP contribution >= 0.6 is 0 Å². The van der Waals surface area contributed by atoms with Gasteiger partial charge in [0.2, 0.25) is 0 Å². The number of alkyl halides is 3. The second-order valence-corrected chi connectivity index (χ2v) is 10.1. The maximum Gasteiger partial charge on any atom is 0.416 e. The van der Waals surface area contributed by atoms with E-state index < -0.39 is 23.3 Å². The molecule has 1 amide bonds. The molecule has 3 heterocycles. The first-order chi connectivity index (χ1) is 17.5. The molecule has 2 saturated heterocycles. The number of likely N-dealkylation sites (tertiary alicyclic amines) is 1. The Morgan fingerprint density at radius 3 is 2.35 bits per heavy atom. The van der Waals surface area contributed by atoms with E-state index in [0.29, 0.717) is 55.2 Å². The van der Waals surface area contributed by atoms with Gasteiger partial charge in [0.15, 0.2) is 0 Å². The van der Waals surface area contributed by atoms with Gasteiger partial charge in [-0.15, -0.1) is 0 Å². The molecule has 0 spiro atoms. The van der Waals surface area contributed by atoms with Crippen molar-refractivity contribution >= 4 is 22.5 Å². The van der Waals surface area contributed by atoms with Gasteiger partial charge in [-0.05, 0) is 55.8 Å². The van der Waals surface area contributed by atoms with E-state index in [0.717, 1.165) is 6.07 Å². The van der Waals surface area contributed by atoms with Crippen molar-refractivity contribution in [2.45, 2.75) is 26.1 Å². The standard InChI is InChI=1S/C27H29F3N4O3/c1-15(21-9-22-24(10-23(21)27(28,29)30)31-16(2)33(4)26(22)36)32(3)20-7-5-17(6-8-20)25(35)34-11-18-13-37-14-19(18)12-34/h5-10,15,18-19H,11-14H2,1-4H3/t15-,18+,19?/m0/s1. The van der Waals surface area contributed by atoms with E-state index >= 15 is 0 Å². The van der Waals surface area contributed by atoms with Crippen LogP contribution in [-0.4, -0.2) is 53.7 Å². The minimum Gasteiger partial charge on any atom is -0.381 e. The lowest BCUT2D eigenvalue weighted by Crippen LogP contribution is -2.30. The maximum atomic E-state index is 14.1. The maximum absolute atomic E-state index is 14.1. The summed E-state index contributed by atoms with van der Waals surface area (Å²) in [6.07, 6.45) is -4.62. The SMILES string of the molecule is Cc1nc2cc(C(F)(F)F)c([C@H](C)N(C)c3ccc(C(=O)N4CC5COC[C@H]5C4)cc3)cc2c(=O)n1C. The molecule has 2 aliphatic heterocycles. The second kappa shape index (κ2) is 9.16. The van der Waals surface area contributed by atoms with Crippen molar-refractivity contribution < 1.29 is 22.7 Å². The highest BCUT2D eigenvalue weighted by atomic mass is 19.4. The molecule has 7 nitrogen and oxygen atoms in total. The Balaban J connectivity index is 1.43. The summed E-state index contributed by atoms with van der Waals surface area (Å²) >= 11 is 0. The molecule has 0 radical (unpaired) electrons. The number of nitrogens with zero attached hydrogens (tertiary/aromatic N) is 4. The number of hydrogen-bond donors (Lipinski definition) is 0. The van der Waals surface area contributed by atoms with Crippen LogP contribution in [0.2, 0.25) is 0 Å². The molecular formula is C27H29F3N4O3. The van der Waals surface area contributed by atoms with Crippen molar-refractivity contribution in [3.05, 3.63) is 69.3 Å². The molecule has 5 rings (SSSR count). The van der Waals surface area contributed by atoms with E-state index in [1.807, 2.05) is 4.90 Å². The first-order valence-electron chi connectivity index (χ1n) is 12.2. The summed E-state index contributed by atoms with van der Waals surface area (Å²) in [6, 6.07) is 8.44. The molecule has 2 fully saturated rings. The van der Waals surface area contributed by atoms with E-state index in [9.17, 15) is 22.8 Å². The normalized spacial score (nSPS) is 20.4. The summed E-state index contributed by atoms with van der Waals surface area (Å²) in [4.78, 5) is 33.5. The lowest BCUT2D eigenvalue weighted by atomic mass is 9.97. The number of aromatic nitrogens is 2. The minimum atomic E-state index is -4.62. The number of aryl methyl sites for hydroxylation is 1. The number of carbonyl (C=O) groups excluding carboxylic acids is 1. The molecule has 1 unspecified atom stereocenters. The third-order valence-electron chi connectivity index (χ3n) is 7.86. The van der Waals surface area contributed by atoms with Crippen molar-refractivity contribution in [3.8, 4) is 0 Å². The second-order valence-electron chi connectivity index (χ2n) is 10.1. The highest BCUT2D eigenvalue weighted by Crippen LogP contribution is 2.39. The average molecular weight is 515 g/mol. The number of fused-ring (bicyclic) bond motifs is 2. The predicted molar refractivity (Wildman–Crippen MR) is 134 cm³/mol. The molecule has 37 heavy (non-hydrogen) atoms. The van der Waals surface area contributed by atoms with Gasteiger partial charge in [-0.25, -0.2) is 4.98 Å². The van der Waals surface area contributed by atoms with Crippen LogP contribution in [0.3, 0.4) is 0 Å². The summed E-state index contributed by atoms with van der Waals surface area (Å²) in [5, 5.41) is 0.137. The van der Waals surface area contributed by atoms with Crippen molar-refractivity contribution in [1.29, 1.82) is 0 Å². The smallest absolute Gasteiger partial charge is 0.381 e. The van der Waals surface area contributed by atoms with E-state index in [1.54, 1.807) is 57.1 Å². The van der Waals surface area contributed by atoms with Crippen molar-refractivity contribution in [1.82, 2.24) is 14.5 Å². The predicted octanol–water partition coefficient (Wildman–Crippen LogP) is 4.18. The quantitative estimate of drug-likeness (QED) is 0.523. The number of halogens is 3. The molecule has 0 bridgehead atoms. The van der Waals surface area contributed by atoms with Crippen LogP contribution in [0.4, 0.5) is 18.9 Å². The molecule has 3 aromatic rings. The van der Waals surface area contributed by atoms with Gasteiger partial charge in [0.25, 0.3) is 11.5 Å². The van der Waals surface area contributed by atoms with Gasteiger partial charge in [0.1, 0.15) is 5.82 Å². The van der Waals surface area contributed by atoms with Gasteiger partial charge in [0.05, 0.1) is 35.7 Å². The lowest BCUT2D eigenvalue weighted by Gasteiger charge is -2.30. The summed E-state index contributed by atoms with van der Waals surface area (Å²) in [7, 11) is 3.24. The van der Waals surface area contributed by atoms with Gasteiger partial charge < -0.3 is 14.5 Å². The summed E-state index contributed by atoms with van der Waals surface area (Å²) in [5.41, 5.74) is -0.0258. The molecule has 3 atom stereocenters. The van der Waals surface area contributed by atoms with Gasteiger partial charge in [-0.3, -0.25) is 14.2 Å². The molecule has 10 heteroatoms. The highest BCUT2D eigenvalue weighted by molar-refractivity contribution is 5.94. The van der Waals surface area contributed by atoms with E-state index in [-0.39, 0.29) is 22.4 Å². The summed E-state index contributed by atoms with van der Waals surface area (Å²) in [5.74, 6) is 1.06. The van der Waals surface area contributed by atoms with Crippen LogP contribution in [0.5, 0.6) is 0 Å². The third kappa shape index (κ3) is 4.47. The Kier molecular flexibility index (Phi) is 6.26. The van der Waals surface area contributed by atoms with Gasteiger partial charge in [-0.1, -0.05) is 0 Å². The first-order valence-corrected chi connectivity index (χ1v) is 12.2. The largest absolute Gasteiger partial charge is 0.416 e. The zero-order valence-electron chi connectivity index (χ0n) is 21.2. The van der Waals surface area contributed by atoms with Crippen LogP contribution < -0.4 is 10.5 Å². The van der Waals surface area contributed by atoms with E-state index in [1.165, 1.54) is 10.6 Å². The zero-order chi connectivity index (χ0) is 26.6. The fraction of sp³-hybridized carbons (Fsp3) is 0.444. The van der Waals surface area contributed by atoms with Gasteiger partial charge in [-0.2, -0.15) is 13.2 Å². The number of benzene rings is 2. The van der Waals surface area contributed by atoms with Crippen molar-refractivity contribution in [2.24, 2.45) is 18.9 Å². The fourth-order valence-electron chi connectivity index (χ4n) is 5.34. The molecule has 2 aromatic carbocycles. The molecule has 0 N–H and O–H groups in total. The van der Waals surface area contributed by atoms with Crippen LogP contribution in [0, 0.1) is 18.8 Å². The monoisotopic (exact) mass is 514 g/mol. The van der Waals surface area contributed by atoms with Crippen molar-refractivity contribution in [2.75, 3.05) is 38.3 Å². The van der Waals surface area contributed by atoms with Crippen LogP contribution in [-0.2, 0) is 18.0 Å². The van der Waals surface area contributed by atoms with Crippen LogP contribution in [0.1, 0.15) is 40.3 Å². The summed E-state index contributed by atoms with van der Waals surface area (Å²) < 4.78 is 49.0. The lowest BCUT2D eigenvalue weighted by molar-refractivity contribution is -0.138.